The molecule has 2 aromatic heterocycles. The summed E-state index contributed by atoms with van der Waals surface area (Å²) in [5.74, 6) is -0.267. The van der Waals surface area contributed by atoms with Crippen LogP contribution in [0, 0.1) is 6.92 Å². The molecule has 0 spiro atoms. The summed E-state index contributed by atoms with van der Waals surface area (Å²) in [5, 5.41) is 8.09. The Kier molecular flexibility index (Phi) is 4.74. The fourth-order valence-corrected chi connectivity index (χ4v) is 3.98. The van der Waals surface area contributed by atoms with E-state index in [2.05, 4.69) is 45.3 Å². The van der Waals surface area contributed by atoms with Crippen molar-refractivity contribution >= 4 is 17.1 Å². The molecule has 0 atom stereocenters. The number of aromatic amines is 1. The molecule has 8 heteroatoms. The number of amides is 1. The summed E-state index contributed by atoms with van der Waals surface area (Å²) in [5.41, 5.74) is 3.72. The van der Waals surface area contributed by atoms with Gasteiger partial charge in [0, 0.05) is 31.9 Å². The summed E-state index contributed by atoms with van der Waals surface area (Å²) in [4.78, 5) is 32.7. The summed E-state index contributed by atoms with van der Waals surface area (Å²) in [6, 6.07) is 17.8. The van der Waals surface area contributed by atoms with Gasteiger partial charge in [-0.15, -0.1) is 5.10 Å². The van der Waals surface area contributed by atoms with E-state index in [1.165, 1.54) is 10.1 Å². The number of fused-ring (bicyclic) bond motifs is 1. The van der Waals surface area contributed by atoms with Crippen LogP contribution in [0.1, 0.15) is 16.1 Å². The summed E-state index contributed by atoms with van der Waals surface area (Å²) < 4.78 is 1.39. The molecule has 0 aliphatic carbocycles. The highest BCUT2D eigenvalue weighted by Crippen LogP contribution is 2.20. The van der Waals surface area contributed by atoms with Gasteiger partial charge in [0.05, 0.1) is 11.9 Å². The van der Waals surface area contributed by atoms with Crippen molar-refractivity contribution in [2.75, 3.05) is 31.1 Å². The maximum atomic E-state index is 13.1. The second-order valence-corrected chi connectivity index (χ2v) is 7.71. The van der Waals surface area contributed by atoms with Gasteiger partial charge in [-0.1, -0.05) is 47.7 Å². The number of carbonyl (C=O) groups is 1. The zero-order valence-corrected chi connectivity index (χ0v) is 17.2. The van der Waals surface area contributed by atoms with Crippen LogP contribution in [0.2, 0.25) is 0 Å². The standard InChI is InChI=1S/C23H22N6O2/c1-16-6-5-9-18(14-16)27-10-12-28(13-11-27)23(31)20-21-22(30)24-19(15-29(21)26-25-20)17-7-3-2-4-8-17/h2-9,14-15H,10-13H2,1H3,(H,24,30). The van der Waals surface area contributed by atoms with E-state index >= 15 is 0 Å². The smallest absolute Gasteiger partial charge is 0.277 e. The average molecular weight is 414 g/mol. The van der Waals surface area contributed by atoms with Gasteiger partial charge in [0.1, 0.15) is 0 Å². The first-order valence-electron chi connectivity index (χ1n) is 10.2. The van der Waals surface area contributed by atoms with Crippen molar-refractivity contribution in [1.82, 2.24) is 24.7 Å². The minimum absolute atomic E-state index is 0.0878. The van der Waals surface area contributed by atoms with Crippen LogP contribution in [-0.2, 0) is 0 Å². The van der Waals surface area contributed by atoms with Crippen LogP contribution in [-0.4, -0.2) is 56.8 Å². The molecule has 156 valence electrons. The number of nitrogens with zero attached hydrogens (tertiary/aromatic N) is 5. The molecule has 1 aliphatic heterocycles. The summed E-state index contributed by atoms with van der Waals surface area (Å²) in [7, 11) is 0. The van der Waals surface area contributed by atoms with E-state index in [0.717, 1.165) is 24.3 Å². The van der Waals surface area contributed by atoms with Crippen molar-refractivity contribution in [2.24, 2.45) is 0 Å². The predicted octanol–water partition coefficient (Wildman–Crippen LogP) is 2.36. The van der Waals surface area contributed by atoms with Gasteiger partial charge < -0.3 is 14.8 Å². The Morgan fingerprint density at radius 1 is 1.00 bits per heavy atom. The number of carbonyl (C=O) groups excluding carboxylic acids is 1. The van der Waals surface area contributed by atoms with Crippen LogP contribution < -0.4 is 10.5 Å². The SMILES string of the molecule is Cc1cccc(N2CCN(C(=O)c3nnn4cc(-c5ccccc5)[nH]c(=O)c34)CC2)c1. The molecule has 4 aromatic rings. The minimum atomic E-state index is -0.381. The molecule has 1 N–H and O–H groups in total. The third kappa shape index (κ3) is 3.56. The van der Waals surface area contributed by atoms with E-state index in [4.69, 9.17) is 0 Å². The Bertz CT molecular complexity index is 1300. The van der Waals surface area contributed by atoms with Crippen LogP contribution in [0.25, 0.3) is 16.8 Å². The Morgan fingerprint density at radius 2 is 1.77 bits per heavy atom. The number of hydrogen-bond acceptors (Lipinski definition) is 5. The molecule has 0 unspecified atom stereocenters. The lowest BCUT2D eigenvalue weighted by atomic mass is 10.1. The predicted molar refractivity (Wildman–Crippen MR) is 118 cm³/mol. The van der Waals surface area contributed by atoms with Gasteiger partial charge in [0.15, 0.2) is 11.2 Å². The first-order valence-corrected chi connectivity index (χ1v) is 10.2. The molecule has 2 aromatic carbocycles. The van der Waals surface area contributed by atoms with Gasteiger partial charge in [0.2, 0.25) is 0 Å². The van der Waals surface area contributed by atoms with Crippen LogP contribution in [0.15, 0.2) is 65.6 Å². The molecule has 5 rings (SSSR count). The number of aryl methyl sites for hydroxylation is 1. The first kappa shape index (κ1) is 19.0. The summed E-state index contributed by atoms with van der Waals surface area (Å²) >= 11 is 0. The molecular weight excluding hydrogens is 392 g/mol. The number of anilines is 1. The van der Waals surface area contributed by atoms with E-state index in [9.17, 15) is 9.59 Å². The molecule has 3 heterocycles. The van der Waals surface area contributed by atoms with Crippen LogP contribution in [0.3, 0.4) is 0 Å². The van der Waals surface area contributed by atoms with E-state index in [-0.39, 0.29) is 22.7 Å². The zero-order valence-electron chi connectivity index (χ0n) is 17.2. The number of aromatic nitrogens is 4. The number of benzene rings is 2. The van der Waals surface area contributed by atoms with E-state index in [0.29, 0.717) is 18.8 Å². The van der Waals surface area contributed by atoms with Crippen molar-refractivity contribution in [3.63, 3.8) is 0 Å². The van der Waals surface area contributed by atoms with Crippen LogP contribution >= 0.6 is 0 Å². The van der Waals surface area contributed by atoms with Gasteiger partial charge in [-0.3, -0.25) is 9.59 Å². The van der Waals surface area contributed by atoms with Gasteiger partial charge in [-0.25, -0.2) is 4.52 Å². The van der Waals surface area contributed by atoms with Gasteiger partial charge in [-0.2, -0.15) is 0 Å². The van der Waals surface area contributed by atoms with Crippen molar-refractivity contribution in [3.05, 3.63) is 82.4 Å². The molecule has 0 bridgehead atoms. The molecule has 0 radical (unpaired) electrons. The number of hydrogen-bond donors (Lipinski definition) is 1. The Labute approximate surface area is 178 Å². The lowest BCUT2D eigenvalue weighted by Crippen LogP contribution is -2.49. The van der Waals surface area contributed by atoms with Crippen molar-refractivity contribution in [3.8, 4) is 11.3 Å². The molecular formula is C23H22N6O2. The highest BCUT2D eigenvalue weighted by Gasteiger charge is 2.27. The van der Waals surface area contributed by atoms with Gasteiger partial charge in [0.25, 0.3) is 11.5 Å². The Balaban J connectivity index is 1.38. The lowest BCUT2D eigenvalue weighted by molar-refractivity contribution is 0.0742. The largest absolute Gasteiger partial charge is 0.368 e. The third-order valence-corrected chi connectivity index (χ3v) is 5.63. The summed E-state index contributed by atoms with van der Waals surface area (Å²) in [6.07, 6.45) is 1.69. The minimum Gasteiger partial charge on any atom is -0.368 e. The first-order chi connectivity index (χ1) is 15.1. The summed E-state index contributed by atoms with van der Waals surface area (Å²) in [6.45, 7) is 4.64. The second kappa shape index (κ2) is 7.71. The number of H-pyrrole nitrogens is 1. The normalized spacial score (nSPS) is 14.2. The van der Waals surface area contributed by atoms with Crippen LogP contribution in [0.4, 0.5) is 5.69 Å². The van der Waals surface area contributed by atoms with Crippen molar-refractivity contribution < 1.29 is 4.79 Å². The molecule has 8 nitrogen and oxygen atoms in total. The lowest BCUT2D eigenvalue weighted by Gasteiger charge is -2.35. The number of nitrogens with one attached hydrogen (secondary N) is 1. The maximum Gasteiger partial charge on any atom is 0.277 e. The van der Waals surface area contributed by atoms with Crippen molar-refractivity contribution in [2.45, 2.75) is 6.92 Å². The van der Waals surface area contributed by atoms with E-state index < -0.39 is 0 Å². The molecule has 1 fully saturated rings. The molecule has 31 heavy (non-hydrogen) atoms. The Hall–Kier alpha value is -3.94. The maximum absolute atomic E-state index is 13.1. The topological polar surface area (TPSA) is 86.6 Å². The van der Waals surface area contributed by atoms with E-state index in [1.807, 2.05) is 36.4 Å². The van der Waals surface area contributed by atoms with Crippen molar-refractivity contribution in [1.29, 1.82) is 0 Å². The fraction of sp³-hybridized carbons (Fsp3) is 0.217. The Morgan fingerprint density at radius 3 is 2.52 bits per heavy atom. The second-order valence-electron chi connectivity index (χ2n) is 7.71. The zero-order chi connectivity index (χ0) is 21.4. The van der Waals surface area contributed by atoms with Crippen LogP contribution in [0.5, 0.6) is 0 Å². The highest BCUT2D eigenvalue weighted by molar-refractivity contribution is 5.98. The van der Waals surface area contributed by atoms with Gasteiger partial charge in [-0.05, 0) is 30.2 Å². The highest BCUT2D eigenvalue weighted by atomic mass is 16.2. The number of rotatable bonds is 3. The third-order valence-electron chi connectivity index (χ3n) is 5.63. The van der Waals surface area contributed by atoms with E-state index in [1.54, 1.807) is 11.1 Å². The monoisotopic (exact) mass is 414 g/mol. The molecule has 1 aliphatic rings. The molecule has 1 amide bonds. The fourth-order valence-electron chi connectivity index (χ4n) is 3.98. The molecule has 1 saturated heterocycles. The molecule has 0 saturated carbocycles. The van der Waals surface area contributed by atoms with Gasteiger partial charge >= 0.3 is 0 Å². The average Bonchev–Trinajstić information content (AvgIpc) is 3.24. The quantitative estimate of drug-likeness (QED) is 0.556. The number of piperazine rings is 1.